The molecule has 0 aromatic carbocycles. The molecule has 0 aliphatic rings. The van der Waals surface area contributed by atoms with E-state index >= 15 is 0 Å². The molecule has 0 fully saturated rings. The number of pyridine rings is 1. The fraction of sp³-hybridized carbons (Fsp3) is 0.182. The van der Waals surface area contributed by atoms with Crippen LogP contribution in [0.3, 0.4) is 0 Å². The van der Waals surface area contributed by atoms with Crippen LogP contribution in [-0.2, 0) is 5.75 Å². The van der Waals surface area contributed by atoms with Crippen LogP contribution in [0.2, 0.25) is 0 Å². The predicted octanol–water partition coefficient (Wildman–Crippen LogP) is 2.61. The molecule has 94 valence electrons. The van der Waals surface area contributed by atoms with Gasteiger partial charge in [0, 0.05) is 11.9 Å². The number of nitrogens with two attached hydrogens (primary N) is 1. The largest absolute Gasteiger partial charge is 0.381 e. The van der Waals surface area contributed by atoms with Crippen molar-refractivity contribution in [2.75, 3.05) is 12.0 Å². The van der Waals surface area contributed by atoms with Gasteiger partial charge < -0.3 is 5.73 Å². The summed E-state index contributed by atoms with van der Waals surface area (Å²) in [6, 6.07) is 5.68. The summed E-state index contributed by atoms with van der Waals surface area (Å²) in [6.45, 7) is 0. The van der Waals surface area contributed by atoms with E-state index in [4.69, 9.17) is 5.73 Å². The maximum atomic E-state index is 13.5. The Morgan fingerprint density at radius 3 is 2.83 bits per heavy atom. The van der Waals surface area contributed by atoms with Gasteiger partial charge in [-0.3, -0.25) is 4.98 Å². The van der Waals surface area contributed by atoms with Crippen LogP contribution < -0.4 is 5.73 Å². The summed E-state index contributed by atoms with van der Waals surface area (Å²) >= 11 is 2.59. The Morgan fingerprint density at radius 1 is 1.33 bits per heavy atom. The van der Waals surface area contributed by atoms with Gasteiger partial charge in [-0.2, -0.15) is 4.39 Å². The van der Waals surface area contributed by atoms with Crippen molar-refractivity contribution < 1.29 is 4.39 Å². The van der Waals surface area contributed by atoms with Crippen molar-refractivity contribution in [2.45, 2.75) is 15.9 Å². The molecule has 18 heavy (non-hydrogen) atoms. The van der Waals surface area contributed by atoms with E-state index in [1.54, 1.807) is 12.5 Å². The monoisotopic (exact) mass is 282 g/mol. The number of nitrogens with zero attached hydrogens (tertiary/aromatic N) is 3. The minimum absolute atomic E-state index is 0.113. The molecule has 0 radical (unpaired) electrons. The van der Waals surface area contributed by atoms with Gasteiger partial charge in [0.15, 0.2) is 16.8 Å². The minimum atomic E-state index is -0.551. The number of hydrogen-bond acceptors (Lipinski definition) is 6. The molecular weight excluding hydrogens is 271 g/mol. The van der Waals surface area contributed by atoms with Crippen LogP contribution >= 0.6 is 23.5 Å². The molecule has 4 nitrogen and oxygen atoms in total. The summed E-state index contributed by atoms with van der Waals surface area (Å²) in [7, 11) is 0. The van der Waals surface area contributed by atoms with Gasteiger partial charge in [0.1, 0.15) is 5.03 Å². The Balaban J connectivity index is 2.13. The Kier molecular flexibility index (Phi) is 4.38. The third kappa shape index (κ3) is 3.11. The number of thioether (sulfide) groups is 2. The molecule has 0 amide bonds. The third-order valence-corrected chi connectivity index (χ3v) is 3.63. The molecule has 2 aromatic rings. The zero-order chi connectivity index (χ0) is 13.0. The van der Waals surface area contributed by atoms with E-state index in [0.717, 1.165) is 5.69 Å². The van der Waals surface area contributed by atoms with Crippen molar-refractivity contribution in [3.05, 3.63) is 35.9 Å². The lowest BCUT2D eigenvalue weighted by atomic mass is 10.4. The van der Waals surface area contributed by atoms with Gasteiger partial charge in [0.05, 0.1) is 5.69 Å². The highest BCUT2D eigenvalue weighted by Crippen LogP contribution is 2.25. The average Bonchev–Trinajstić information content (AvgIpc) is 2.41. The lowest BCUT2D eigenvalue weighted by Gasteiger charge is -2.05. The third-order valence-electron chi connectivity index (χ3n) is 2.09. The molecule has 7 heteroatoms. The number of nitrogen functional groups attached to an aromatic ring is 1. The number of anilines is 1. The highest BCUT2D eigenvalue weighted by atomic mass is 32.2. The highest BCUT2D eigenvalue weighted by Gasteiger charge is 2.11. The van der Waals surface area contributed by atoms with Crippen LogP contribution in [0, 0.1) is 5.82 Å². The molecule has 0 saturated carbocycles. The second-order valence-corrected chi connectivity index (χ2v) is 5.06. The van der Waals surface area contributed by atoms with Gasteiger partial charge in [0.25, 0.3) is 0 Å². The Hall–Kier alpha value is -1.34. The Bertz CT molecular complexity index is 536. The van der Waals surface area contributed by atoms with Crippen molar-refractivity contribution >= 4 is 29.3 Å². The first-order chi connectivity index (χ1) is 8.70. The van der Waals surface area contributed by atoms with Crippen molar-refractivity contribution in [1.29, 1.82) is 0 Å². The second kappa shape index (κ2) is 6.01. The number of rotatable bonds is 4. The fourth-order valence-corrected chi connectivity index (χ4v) is 2.53. The van der Waals surface area contributed by atoms with Crippen LogP contribution in [0.4, 0.5) is 10.2 Å². The summed E-state index contributed by atoms with van der Waals surface area (Å²) in [5.41, 5.74) is 6.41. The smallest absolute Gasteiger partial charge is 0.197 e. The van der Waals surface area contributed by atoms with Gasteiger partial charge in [-0.05, 0) is 18.4 Å². The summed E-state index contributed by atoms with van der Waals surface area (Å²) in [5.74, 6) is -0.0396. The fourth-order valence-electron chi connectivity index (χ4n) is 1.24. The summed E-state index contributed by atoms with van der Waals surface area (Å²) in [6.07, 6.45) is 3.47. The molecule has 2 N–H and O–H groups in total. The summed E-state index contributed by atoms with van der Waals surface area (Å²) < 4.78 is 13.5. The van der Waals surface area contributed by atoms with E-state index in [2.05, 4.69) is 15.0 Å². The minimum Gasteiger partial charge on any atom is -0.381 e. The first-order valence-electron chi connectivity index (χ1n) is 5.10. The SMILES string of the molecule is CSc1nc(SCc2ccccn2)nc(N)c1F. The van der Waals surface area contributed by atoms with Crippen molar-refractivity contribution in [3.8, 4) is 0 Å². The predicted molar refractivity (Wildman–Crippen MR) is 72.0 cm³/mol. The van der Waals surface area contributed by atoms with Gasteiger partial charge in [-0.25, -0.2) is 9.97 Å². The molecule has 0 aliphatic carbocycles. The Morgan fingerprint density at radius 2 is 2.17 bits per heavy atom. The zero-order valence-corrected chi connectivity index (χ0v) is 11.3. The topological polar surface area (TPSA) is 64.7 Å². The van der Waals surface area contributed by atoms with Gasteiger partial charge in [0.2, 0.25) is 0 Å². The van der Waals surface area contributed by atoms with E-state index < -0.39 is 5.82 Å². The standard InChI is InChI=1S/C11H11FN4S2/c1-17-10-8(12)9(13)15-11(16-10)18-6-7-4-2-3-5-14-7/h2-5H,6H2,1H3,(H2,13,15,16). The van der Waals surface area contributed by atoms with E-state index in [-0.39, 0.29) is 10.8 Å². The number of hydrogen-bond donors (Lipinski definition) is 1. The Labute approximate surface area is 113 Å². The highest BCUT2D eigenvalue weighted by molar-refractivity contribution is 7.99. The number of halogens is 1. The normalized spacial score (nSPS) is 10.6. The lowest BCUT2D eigenvalue weighted by molar-refractivity contribution is 0.574. The molecule has 0 spiro atoms. The molecule has 0 aliphatic heterocycles. The average molecular weight is 282 g/mol. The van der Waals surface area contributed by atoms with E-state index in [1.807, 2.05) is 18.2 Å². The first kappa shape index (κ1) is 13.1. The maximum Gasteiger partial charge on any atom is 0.197 e. The second-order valence-electron chi connectivity index (χ2n) is 3.32. The summed E-state index contributed by atoms with van der Waals surface area (Å²) in [4.78, 5) is 12.2. The molecular formula is C11H11FN4S2. The van der Waals surface area contributed by atoms with Crippen molar-refractivity contribution in [1.82, 2.24) is 15.0 Å². The van der Waals surface area contributed by atoms with Crippen LogP contribution in [-0.4, -0.2) is 21.2 Å². The molecule has 0 bridgehead atoms. The van der Waals surface area contributed by atoms with Crippen LogP contribution in [0.5, 0.6) is 0 Å². The zero-order valence-electron chi connectivity index (χ0n) is 9.63. The van der Waals surface area contributed by atoms with Crippen molar-refractivity contribution in [2.24, 2.45) is 0 Å². The molecule has 2 aromatic heterocycles. The molecule has 2 heterocycles. The van der Waals surface area contributed by atoms with Crippen LogP contribution in [0.25, 0.3) is 0 Å². The van der Waals surface area contributed by atoms with E-state index in [9.17, 15) is 4.39 Å². The maximum absolute atomic E-state index is 13.5. The van der Waals surface area contributed by atoms with E-state index in [0.29, 0.717) is 10.9 Å². The first-order valence-corrected chi connectivity index (χ1v) is 7.31. The van der Waals surface area contributed by atoms with Gasteiger partial charge in [-0.15, -0.1) is 11.8 Å². The van der Waals surface area contributed by atoms with Crippen LogP contribution in [0.1, 0.15) is 5.69 Å². The summed E-state index contributed by atoms with van der Waals surface area (Å²) in [5, 5.41) is 0.731. The van der Waals surface area contributed by atoms with E-state index in [1.165, 1.54) is 23.5 Å². The van der Waals surface area contributed by atoms with Gasteiger partial charge >= 0.3 is 0 Å². The molecule has 0 atom stereocenters. The van der Waals surface area contributed by atoms with Gasteiger partial charge in [-0.1, -0.05) is 17.8 Å². The number of aromatic nitrogens is 3. The molecule has 0 saturated heterocycles. The van der Waals surface area contributed by atoms with Crippen molar-refractivity contribution in [3.63, 3.8) is 0 Å². The molecule has 2 rings (SSSR count). The molecule has 0 unspecified atom stereocenters. The lowest BCUT2D eigenvalue weighted by Crippen LogP contribution is -2.01. The quantitative estimate of drug-likeness (QED) is 0.528. The van der Waals surface area contributed by atoms with Crippen LogP contribution in [0.15, 0.2) is 34.6 Å².